The summed E-state index contributed by atoms with van der Waals surface area (Å²) in [6.07, 6.45) is 1.97. The maximum Gasteiger partial charge on any atom is 0.229 e. The largest absolute Gasteiger partial charge is 0.329 e. The third-order valence-electron chi connectivity index (χ3n) is 5.25. The van der Waals surface area contributed by atoms with Crippen LogP contribution in [0.5, 0.6) is 0 Å². The number of fused-ring (bicyclic) bond motifs is 1. The number of rotatable bonds is 5. The minimum Gasteiger partial charge on any atom is -0.329 e. The van der Waals surface area contributed by atoms with Gasteiger partial charge in [-0.05, 0) is 53.6 Å². The Morgan fingerprint density at radius 2 is 1.82 bits per heavy atom. The second-order valence-electron chi connectivity index (χ2n) is 7.45. The molecule has 0 aliphatic carbocycles. The van der Waals surface area contributed by atoms with Crippen LogP contribution in [0.1, 0.15) is 0 Å². The molecule has 0 atom stereocenters. The highest BCUT2D eigenvalue weighted by atomic mass is 35.5. The molecule has 0 bridgehead atoms. The summed E-state index contributed by atoms with van der Waals surface area (Å²) in [5, 5.41) is 17.0. The monoisotopic (exact) mass is 483 g/mol. The number of anilines is 2. The van der Waals surface area contributed by atoms with Gasteiger partial charge in [0.15, 0.2) is 9.84 Å². The molecule has 0 saturated carbocycles. The molecule has 0 radical (unpaired) electrons. The van der Waals surface area contributed by atoms with Gasteiger partial charge >= 0.3 is 0 Å². The van der Waals surface area contributed by atoms with Crippen LogP contribution in [0.3, 0.4) is 0 Å². The first-order valence-corrected chi connectivity index (χ1v) is 12.0. The van der Waals surface area contributed by atoms with Crippen LogP contribution < -0.4 is 10.5 Å². The standard InChI is InChI=1S/C23H19ClFN5O2S/c1-29(22-18-8-7-16(24)12-20(18)30(13-26)23(27)28-22)17-5-3-4-14(10-17)15-6-9-21(19(25)11-15)33(2,31)32/h3-13,26-27H,1-2H3. The summed E-state index contributed by atoms with van der Waals surface area (Å²) in [4.78, 5) is 5.81. The SMILES string of the molecule is CN(c1cccc(-c2ccc(S(C)(=O)=O)c(F)c2)c1)c1nc(=N)n(C=N)c2cc(Cl)ccc12. The Morgan fingerprint density at radius 1 is 1.09 bits per heavy atom. The molecule has 0 unspecified atom stereocenters. The summed E-state index contributed by atoms with van der Waals surface area (Å²) in [5.41, 5.74) is 2.36. The molecule has 10 heteroatoms. The molecule has 0 spiro atoms. The molecule has 4 aromatic rings. The first-order valence-electron chi connectivity index (χ1n) is 9.71. The number of halogens is 2. The maximum atomic E-state index is 14.4. The predicted octanol–water partition coefficient (Wildman–Crippen LogP) is 4.60. The molecular weight excluding hydrogens is 465 g/mol. The summed E-state index contributed by atoms with van der Waals surface area (Å²) < 4.78 is 39.2. The summed E-state index contributed by atoms with van der Waals surface area (Å²) in [6, 6.07) is 16.4. The van der Waals surface area contributed by atoms with Gasteiger partial charge in [0.05, 0.1) is 11.9 Å². The van der Waals surface area contributed by atoms with E-state index in [1.165, 1.54) is 16.7 Å². The van der Waals surface area contributed by atoms with Gasteiger partial charge in [-0.2, -0.15) is 4.98 Å². The average Bonchev–Trinajstić information content (AvgIpc) is 2.77. The van der Waals surface area contributed by atoms with Crippen molar-refractivity contribution in [1.29, 1.82) is 10.8 Å². The van der Waals surface area contributed by atoms with Crippen LogP contribution in [0.2, 0.25) is 5.02 Å². The Labute approximate surface area is 194 Å². The van der Waals surface area contributed by atoms with Crippen molar-refractivity contribution < 1.29 is 12.8 Å². The normalized spacial score (nSPS) is 11.5. The van der Waals surface area contributed by atoms with Gasteiger partial charge in [0, 0.05) is 29.4 Å². The van der Waals surface area contributed by atoms with Crippen LogP contribution in [0.25, 0.3) is 22.0 Å². The quantitative estimate of drug-likeness (QED) is 0.320. The van der Waals surface area contributed by atoms with E-state index in [9.17, 15) is 12.8 Å². The molecule has 168 valence electrons. The lowest BCUT2D eigenvalue weighted by molar-refractivity contribution is 0.571. The van der Waals surface area contributed by atoms with Crippen molar-refractivity contribution in [3.05, 3.63) is 77.1 Å². The van der Waals surface area contributed by atoms with Gasteiger partial charge in [-0.1, -0.05) is 29.8 Å². The van der Waals surface area contributed by atoms with Crippen LogP contribution in [-0.2, 0) is 9.84 Å². The number of hydrogen-bond donors (Lipinski definition) is 2. The van der Waals surface area contributed by atoms with Crippen LogP contribution in [-0.4, -0.2) is 37.6 Å². The number of benzene rings is 3. The first kappa shape index (κ1) is 22.6. The molecule has 1 aromatic heterocycles. The van der Waals surface area contributed by atoms with Gasteiger partial charge in [0.25, 0.3) is 0 Å². The second-order valence-corrected chi connectivity index (χ2v) is 9.87. The van der Waals surface area contributed by atoms with Gasteiger partial charge in [-0.3, -0.25) is 15.4 Å². The lowest BCUT2D eigenvalue weighted by Crippen LogP contribution is -2.26. The Kier molecular flexibility index (Phi) is 5.77. The van der Waals surface area contributed by atoms with Crippen LogP contribution >= 0.6 is 11.6 Å². The third kappa shape index (κ3) is 4.24. The molecule has 1 heterocycles. The highest BCUT2D eigenvalue weighted by molar-refractivity contribution is 7.90. The van der Waals surface area contributed by atoms with Gasteiger partial charge in [-0.25, -0.2) is 12.8 Å². The Morgan fingerprint density at radius 3 is 2.48 bits per heavy atom. The van der Waals surface area contributed by atoms with Crippen LogP contribution in [0, 0.1) is 16.6 Å². The molecule has 33 heavy (non-hydrogen) atoms. The number of hydrogen-bond acceptors (Lipinski definition) is 6. The summed E-state index contributed by atoms with van der Waals surface area (Å²) in [6.45, 7) is 0. The van der Waals surface area contributed by atoms with Crippen LogP contribution in [0.4, 0.5) is 15.9 Å². The van der Waals surface area contributed by atoms with Gasteiger partial charge < -0.3 is 4.90 Å². The zero-order valence-electron chi connectivity index (χ0n) is 17.7. The third-order valence-corrected chi connectivity index (χ3v) is 6.61. The number of nitrogens with zero attached hydrogens (tertiary/aromatic N) is 3. The first-order chi connectivity index (χ1) is 15.6. The summed E-state index contributed by atoms with van der Waals surface area (Å²) in [7, 11) is -1.87. The Balaban J connectivity index is 1.82. The topological polar surface area (TPSA) is 103 Å². The fourth-order valence-corrected chi connectivity index (χ4v) is 4.50. The zero-order valence-corrected chi connectivity index (χ0v) is 19.2. The smallest absolute Gasteiger partial charge is 0.229 e. The van der Waals surface area contributed by atoms with Crippen molar-refractivity contribution in [3.63, 3.8) is 0 Å². The van der Waals surface area contributed by atoms with E-state index in [0.29, 0.717) is 32.9 Å². The zero-order chi connectivity index (χ0) is 23.9. The molecule has 0 aliphatic rings. The van der Waals surface area contributed by atoms with Gasteiger partial charge in [0.2, 0.25) is 5.62 Å². The minimum absolute atomic E-state index is 0.129. The Bertz CT molecular complexity index is 1580. The molecule has 3 aromatic carbocycles. The number of sulfone groups is 1. The van der Waals surface area contributed by atoms with E-state index in [-0.39, 0.29) is 10.5 Å². The number of nitrogens with one attached hydrogen (secondary N) is 2. The summed E-state index contributed by atoms with van der Waals surface area (Å²) in [5.74, 6) is -0.322. The van der Waals surface area contributed by atoms with Crippen molar-refractivity contribution in [2.75, 3.05) is 18.2 Å². The van der Waals surface area contributed by atoms with Gasteiger partial charge in [0.1, 0.15) is 16.5 Å². The van der Waals surface area contributed by atoms with Crippen molar-refractivity contribution >= 4 is 50.2 Å². The van der Waals surface area contributed by atoms with E-state index in [1.807, 2.05) is 12.1 Å². The van der Waals surface area contributed by atoms with E-state index in [0.717, 1.165) is 18.3 Å². The molecule has 7 nitrogen and oxygen atoms in total. The van der Waals surface area contributed by atoms with E-state index in [2.05, 4.69) is 4.98 Å². The molecule has 0 aliphatic heterocycles. The van der Waals surface area contributed by atoms with E-state index in [4.69, 9.17) is 22.4 Å². The highest BCUT2D eigenvalue weighted by Gasteiger charge is 2.16. The second kappa shape index (κ2) is 8.42. The molecule has 4 rings (SSSR count). The molecular formula is C23H19ClFN5O2S. The minimum atomic E-state index is -3.66. The van der Waals surface area contributed by atoms with Crippen molar-refractivity contribution in [2.24, 2.45) is 0 Å². The van der Waals surface area contributed by atoms with E-state index >= 15 is 0 Å². The molecule has 0 amide bonds. The molecule has 0 saturated heterocycles. The van der Waals surface area contributed by atoms with E-state index < -0.39 is 15.7 Å². The van der Waals surface area contributed by atoms with Crippen molar-refractivity contribution in [2.45, 2.75) is 4.90 Å². The van der Waals surface area contributed by atoms with Crippen LogP contribution in [0.15, 0.2) is 65.6 Å². The lowest BCUT2D eigenvalue weighted by Gasteiger charge is -2.22. The Hall–Kier alpha value is -3.56. The summed E-state index contributed by atoms with van der Waals surface area (Å²) >= 11 is 6.14. The van der Waals surface area contributed by atoms with Gasteiger partial charge in [-0.15, -0.1) is 0 Å². The maximum absolute atomic E-state index is 14.4. The molecule has 0 fully saturated rings. The highest BCUT2D eigenvalue weighted by Crippen LogP contribution is 2.32. The predicted molar refractivity (Wildman–Crippen MR) is 128 cm³/mol. The lowest BCUT2D eigenvalue weighted by atomic mass is 10.0. The fourth-order valence-electron chi connectivity index (χ4n) is 3.61. The van der Waals surface area contributed by atoms with Crippen molar-refractivity contribution in [1.82, 2.24) is 9.55 Å². The number of aromatic nitrogens is 2. The van der Waals surface area contributed by atoms with E-state index in [1.54, 1.807) is 48.3 Å². The molecule has 2 N–H and O–H groups in total. The fraction of sp³-hybridized carbons (Fsp3) is 0.0870. The average molecular weight is 484 g/mol. The van der Waals surface area contributed by atoms with Crippen molar-refractivity contribution in [3.8, 4) is 11.1 Å².